The number of likely N-dealkylation sites (tertiary alicyclic amines) is 1. The third kappa shape index (κ3) is 3.66. The maximum Gasteiger partial charge on any atom is 0.0454 e. The number of hydrogen-bond acceptors (Lipinski definition) is 3. The second-order valence-electron chi connectivity index (χ2n) is 6.43. The van der Waals surface area contributed by atoms with Crippen molar-refractivity contribution in [2.75, 3.05) is 13.1 Å². The lowest BCUT2D eigenvalue weighted by Crippen LogP contribution is -2.44. The highest BCUT2D eigenvalue weighted by Crippen LogP contribution is 2.18. The van der Waals surface area contributed by atoms with Gasteiger partial charge in [0.25, 0.3) is 0 Å². The fourth-order valence-electron chi connectivity index (χ4n) is 3.46. The predicted octanol–water partition coefficient (Wildman–Crippen LogP) is 3.98. The molecular weight excluding hydrogens is 302 g/mol. The van der Waals surface area contributed by atoms with E-state index in [1.54, 1.807) is 0 Å². The molecule has 120 valence electrons. The molecule has 4 heteroatoms. The van der Waals surface area contributed by atoms with E-state index in [1.165, 1.54) is 40.7 Å². The summed E-state index contributed by atoms with van der Waals surface area (Å²) in [6.45, 7) is 4.44. The van der Waals surface area contributed by atoms with Crippen LogP contribution < -0.4 is 5.32 Å². The van der Waals surface area contributed by atoms with Gasteiger partial charge < -0.3 is 10.3 Å². The van der Waals surface area contributed by atoms with Gasteiger partial charge in [-0.3, -0.25) is 4.90 Å². The number of benzene rings is 1. The van der Waals surface area contributed by atoms with Gasteiger partial charge in [-0.2, -0.15) is 0 Å². The minimum atomic E-state index is 0.602. The Morgan fingerprint density at radius 2 is 2.26 bits per heavy atom. The van der Waals surface area contributed by atoms with Crippen molar-refractivity contribution in [3.63, 3.8) is 0 Å². The summed E-state index contributed by atoms with van der Waals surface area (Å²) >= 11 is 1.86. The highest BCUT2D eigenvalue weighted by Gasteiger charge is 2.19. The van der Waals surface area contributed by atoms with Crippen molar-refractivity contribution < 1.29 is 0 Å². The van der Waals surface area contributed by atoms with E-state index in [9.17, 15) is 0 Å². The Hall–Kier alpha value is -1.62. The van der Waals surface area contributed by atoms with E-state index < -0.39 is 0 Å². The van der Waals surface area contributed by atoms with E-state index in [2.05, 4.69) is 57.0 Å². The van der Waals surface area contributed by atoms with Gasteiger partial charge in [0.1, 0.15) is 0 Å². The Kier molecular flexibility index (Phi) is 4.46. The number of hydrogen-bond donors (Lipinski definition) is 2. The summed E-state index contributed by atoms with van der Waals surface area (Å²) in [4.78, 5) is 7.31. The third-order valence-electron chi connectivity index (χ3n) is 4.68. The zero-order chi connectivity index (χ0) is 15.5. The van der Waals surface area contributed by atoms with Crippen LogP contribution in [0, 0.1) is 0 Å². The van der Waals surface area contributed by atoms with Gasteiger partial charge in [0.05, 0.1) is 0 Å². The molecule has 1 aliphatic heterocycles. The van der Waals surface area contributed by atoms with Gasteiger partial charge in [-0.15, -0.1) is 11.3 Å². The van der Waals surface area contributed by atoms with Crippen LogP contribution in [0.4, 0.5) is 0 Å². The van der Waals surface area contributed by atoms with Gasteiger partial charge >= 0.3 is 0 Å². The van der Waals surface area contributed by atoms with Crippen molar-refractivity contribution in [2.45, 2.75) is 32.0 Å². The Morgan fingerprint density at radius 1 is 1.26 bits per heavy atom. The Labute approximate surface area is 141 Å². The number of nitrogens with zero attached hydrogens (tertiary/aromatic N) is 1. The molecule has 1 saturated heterocycles. The van der Waals surface area contributed by atoms with Gasteiger partial charge in [0.2, 0.25) is 0 Å². The molecule has 3 nitrogen and oxygen atoms in total. The fraction of sp³-hybridized carbons (Fsp3) is 0.368. The topological polar surface area (TPSA) is 31.1 Å². The van der Waals surface area contributed by atoms with Crippen LogP contribution in [-0.2, 0) is 13.1 Å². The summed E-state index contributed by atoms with van der Waals surface area (Å²) in [6.07, 6.45) is 4.58. The third-order valence-corrected chi connectivity index (χ3v) is 5.54. The average Bonchev–Trinajstić information content (AvgIpc) is 3.24. The number of thiophene rings is 1. The molecule has 0 amide bonds. The van der Waals surface area contributed by atoms with Crippen LogP contribution in [0.25, 0.3) is 10.9 Å². The smallest absolute Gasteiger partial charge is 0.0454 e. The van der Waals surface area contributed by atoms with Crippen molar-refractivity contribution in [2.24, 2.45) is 0 Å². The van der Waals surface area contributed by atoms with E-state index in [0.29, 0.717) is 6.04 Å². The maximum absolute atomic E-state index is 3.76. The summed E-state index contributed by atoms with van der Waals surface area (Å²) in [5.41, 5.74) is 2.58. The van der Waals surface area contributed by atoms with Crippen LogP contribution in [0.1, 0.15) is 23.3 Å². The molecule has 0 aliphatic carbocycles. The lowest BCUT2D eigenvalue weighted by atomic mass is 10.0. The molecule has 2 N–H and O–H groups in total. The monoisotopic (exact) mass is 325 g/mol. The summed E-state index contributed by atoms with van der Waals surface area (Å²) in [6, 6.07) is 13.8. The van der Waals surface area contributed by atoms with Crippen molar-refractivity contribution >= 4 is 22.2 Å². The molecule has 1 fully saturated rings. The highest BCUT2D eigenvalue weighted by atomic mass is 32.1. The van der Waals surface area contributed by atoms with Crippen molar-refractivity contribution in [3.05, 3.63) is 58.4 Å². The fourth-order valence-corrected chi connectivity index (χ4v) is 4.21. The first kappa shape index (κ1) is 14.9. The highest BCUT2D eigenvalue weighted by molar-refractivity contribution is 7.09. The number of fused-ring (bicyclic) bond motifs is 1. The van der Waals surface area contributed by atoms with Gasteiger partial charge in [-0.25, -0.2) is 0 Å². The molecule has 0 saturated carbocycles. The number of H-pyrrole nitrogens is 1. The van der Waals surface area contributed by atoms with Crippen LogP contribution >= 0.6 is 11.3 Å². The maximum atomic E-state index is 3.76. The first-order valence-electron chi connectivity index (χ1n) is 8.41. The van der Waals surface area contributed by atoms with Crippen LogP contribution in [0.5, 0.6) is 0 Å². The lowest BCUT2D eigenvalue weighted by Gasteiger charge is -2.33. The number of nitrogens with one attached hydrogen (secondary N) is 2. The second kappa shape index (κ2) is 6.87. The summed E-state index contributed by atoms with van der Waals surface area (Å²) in [7, 11) is 0. The Bertz CT molecular complexity index is 747. The molecule has 1 unspecified atom stereocenters. The molecule has 4 rings (SSSR count). The summed E-state index contributed by atoms with van der Waals surface area (Å²) in [5.74, 6) is 0. The molecule has 1 aromatic carbocycles. The number of aromatic amines is 1. The molecule has 0 spiro atoms. The largest absolute Gasteiger partial charge is 0.361 e. The van der Waals surface area contributed by atoms with Gasteiger partial charge in [0, 0.05) is 42.3 Å². The van der Waals surface area contributed by atoms with E-state index >= 15 is 0 Å². The van der Waals surface area contributed by atoms with E-state index in [0.717, 1.165) is 19.6 Å². The SMILES string of the molecule is c1csc(CN2CCCC(NCc3ccc4[nH]ccc4c3)C2)c1. The van der Waals surface area contributed by atoms with Gasteiger partial charge in [0.15, 0.2) is 0 Å². The minimum absolute atomic E-state index is 0.602. The van der Waals surface area contributed by atoms with E-state index in [4.69, 9.17) is 0 Å². The second-order valence-corrected chi connectivity index (χ2v) is 7.47. The van der Waals surface area contributed by atoms with Crippen LogP contribution in [0.2, 0.25) is 0 Å². The Balaban J connectivity index is 1.33. The molecule has 3 aromatic rings. The molecule has 3 heterocycles. The molecule has 23 heavy (non-hydrogen) atoms. The van der Waals surface area contributed by atoms with E-state index in [-0.39, 0.29) is 0 Å². The quantitative estimate of drug-likeness (QED) is 0.743. The van der Waals surface area contributed by atoms with E-state index in [1.807, 2.05) is 17.5 Å². The van der Waals surface area contributed by atoms with Gasteiger partial charge in [-0.1, -0.05) is 12.1 Å². The van der Waals surface area contributed by atoms with Gasteiger partial charge in [-0.05, 0) is 60.0 Å². The minimum Gasteiger partial charge on any atom is -0.361 e. The predicted molar refractivity (Wildman–Crippen MR) is 97.8 cm³/mol. The molecule has 0 bridgehead atoms. The van der Waals surface area contributed by atoms with Crippen molar-refractivity contribution in [1.82, 2.24) is 15.2 Å². The van der Waals surface area contributed by atoms with Crippen LogP contribution in [0.3, 0.4) is 0 Å². The Morgan fingerprint density at radius 3 is 3.17 bits per heavy atom. The first-order chi connectivity index (χ1) is 11.4. The molecular formula is C19H23N3S. The van der Waals surface area contributed by atoms with Crippen molar-refractivity contribution in [1.29, 1.82) is 0 Å². The first-order valence-corrected chi connectivity index (χ1v) is 9.29. The number of piperidine rings is 1. The number of rotatable bonds is 5. The van der Waals surface area contributed by atoms with Crippen molar-refractivity contribution in [3.8, 4) is 0 Å². The zero-order valence-electron chi connectivity index (χ0n) is 13.3. The molecule has 2 aromatic heterocycles. The van der Waals surface area contributed by atoms with Crippen LogP contribution in [-0.4, -0.2) is 29.0 Å². The standard InChI is InChI=1S/C19H23N3S/c1-3-17(13-22(9-1)14-18-4-2-10-23-18)21-12-15-5-6-19-16(11-15)7-8-20-19/h2,4-8,10-11,17,20-21H,1,3,9,12-14H2. The van der Waals surface area contributed by atoms with Crippen LogP contribution in [0.15, 0.2) is 48.0 Å². The molecule has 1 atom stereocenters. The molecule has 1 aliphatic rings. The zero-order valence-corrected chi connectivity index (χ0v) is 14.1. The normalized spacial score (nSPS) is 19.4. The summed E-state index contributed by atoms with van der Waals surface area (Å²) < 4.78 is 0. The number of aromatic nitrogens is 1. The average molecular weight is 325 g/mol. The summed E-state index contributed by atoms with van der Waals surface area (Å²) in [5, 5.41) is 7.23. The molecule has 0 radical (unpaired) electrons. The lowest BCUT2D eigenvalue weighted by molar-refractivity contribution is 0.184.